The van der Waals surface area contributed by atoms with Crippen molar-refractivity contribution >= 4 is 23.4 Å². The van der Waals surface area contributed by atoms with Gasteiger partial charge in [0.25, 0.3) is 0 Å². The summed E-state index contributed by atoms with van der Waals surface area (Å²) in [6.45, 7) is 3.30. The van der Waals surface area contributed by atoms with E-state index in [0.717, 1.165) is 44.1 Å². The number of amides is 4. The van der Waals surface area contributed by atoms with Crippen LogP contribution in [0.1, 0.15) is 44.1 Å². The molecule has 0 fully saturated rings. The number of urea groups is 2. The number of aliphatic hydroxyl groups is 2. The second-order valence-electron chi connectivity index (χ2n) is 6.36. The molecule has 0 bridgehead atoms. The van der Waals surface area contributed by atoms with Gasteiger partial charge in [-0.1, -0.05) is 6.07 Å². The highest BCUT2D eigenvalue weighted by Crippen LogP contribution is 2.20. The average molecular weight is 380 g/mol. The Kier molecular flexibility index (Phi) is 11.6. The van der Waals surface area contributed by atoms with Gasteiger partial charge in [-0.2, -0.15) is 0 Å². The summed E-state index contributed by atoms with van der Waals surface area (Å²) in [5, 5.41) is 28.5. The summed E-state index contributed by atoms with van der Waals surface area (Å²) in [5.74, 6) is 0. The number of aliphatic hydroxyl groups excluding tert-OH is 2. The predicted molar refractivity (Wildman–Crippen MR) is 107 cm³/mol. The number of rotatable bonds is 12. The normalized spacial score (nSPS) is 10.3. The van der Waals surface area contributed by atoms with Crippen LogP contribution in [0.5, 0.6) is 0 Å². The molecule has 0 unspecified atom stereocenters. The van der Waals surface area contributed by atoms with E-state index in [1.54, 1.807) is 12.1 Å². The quantitative estimate of drug-likeness (QED) is 0.312. The van der Waals surface area contributed by atoms with E-state index in [-0.39, 0.29) is 25.3 Å². The van der Waals surface area contributed by atoms with Crippen molar-refractivity contribution in [2.75, 3.05) is 36.9 Å². The molecule has 0 atom stereocenters. The SMILES string of the molecule is Cc1ccc(NC(=O)NCCCCCO)cc1NC(=O)NCCCCCO. The summed E-state index contributed by atoms with van der Waals surface area (Å²) in [5.41, 5.74) is 2.11. The maximum absolute atomic E-state index is 12.0. The Balaban J connectivity index is 2.42. The van der Waals surface area contributed by atoms with Crippen LogP contribution in [-0.4, -0.2) is 48.6 Å². The fourth-order valence-corrected chi connectivity index (χ4v) is 2.41. The summed E-state index contributed by atoms with van der Waals surface area (Å²) in [4.78, 5) is 23.9. The molecule has 8 heteroatoms. The first-order valence-electron chi connectivity index (χ1n) is 9.49. The van der Waals surface area contributed by atoms with Gasteiger partial charge in [-0.15, -0.1) is 0 Å². The molecule has 0 saturated heterocycles. The van der Waals surface area contributed by atoms with Gasteiger partial charge in [0.15, 0.2) is 0 Å². The first kappa shape index (κ1) is 22.7. The van der Waals surface area contributed by atoms with Crippen LogP contribution in [0, 0.1) is 6.92 Å². The zero-order valence-electron chi connectivity index (χ0n) is 16.0. The zero-order chi connectivity index (χ0) is 19.9. The molecule has 1 rings (SSSR count). The largest absolute Gasteiger partial charge is 0.396 e. The number of hydrogen-bond acceptors (Lipinski definition) is 4. The lowest BCUT2D eigenvalue weighted by Crippen LogP contribution is -2.30. The highest BCUT2D eigenvalue weighted by molar-refractivity contribution is 5.93. The van der Waals surface area contributed by atoms with Gasteiger partial charge < -0.3 is 31.5 Å². The number of carbonyl (C=O) groups is 2. The van der Waals surface area contributed by atoms with Crippen molar-refractivity contribution in [3.05, 3.63) is 23.8 Å². The van der Waals surface area contributed by atoms with Crippen LogP contribution >= 0.6 is 0 Å². The van der Waals surface area contributed by atoms with E-state index >= 15 is 0 Å². The number of nitrogens with one attached hydrogen (secondary N) is 4. The predicted octanol–water partition coefficient (Wildman–Crippen LogP) is 2.56. The van der Waals surface area contributed by atoms with Crippen molar-refractivity contribution in [3.63, 3.8) is 0 Å². The van der Waals surface area contributed by atoms with E-state index in [0.29, 0.717) is 24.5 Å². The van der Waals surface area contributed by atoms with Gasteiger partial charge in [-0.3, -0.25) is 0 Å². The molecule has 152 valence electrons. The van der Waals surface area contributed by atoms with Crippen molar-refractivity contribution in [2.45, 2.75) is 45.4 Å². The molecule has 0 aromatic heterocycles. The smallest absolute Gasteiger partial charge is 0.319 e. The summed E-state index contributed by atoms with van der Waals surface area (Å²) in [6.07, 6.45) is 4.83. The van der Waals surface area contributed by atoms with Crippen LogP contribution in [0.25, 0.3) is 0 Å². The van der Waals surface area contributed by atoms with E-state index in [2.05, 4.69) is 21.3 Å². The Hall–Kier alpha value is -2.32. The first-order valence-corrected chi connectivity index (χ1v) is 9.49. The highest BCUT2D eigenvalue weighted by Gasteiger charge is 2.07. The number of unbranched alkanes of at least 4 members (excludes halogenated alkanes) is 4. The Labute approximate surface area is 160 Å². The lowest BCUT2D eigenvalue weighted by atomic mass is 10.2. The monoisotopic (exact) mass is 380 g/mol. The fraction of sp³-hybridized carbons (Fsp3) is 0.579. The standard InChI is InChI=1S/C19H32N4O4/c1-15-8-9-16(22-18(26)20-10-4-2-6-12-24)14-17(15)23-19(27)21-11-5-3-7-13-25/h8-9,14,24-25H,2-7,10-13H2,1H3,(H2,20,22,26)(H2,21,23,27). The van der Waals surface area contributed by atoms with Crippen molar-refractivity contribution in [2.24, 2.45) is 0 Å². The molecule has 1 aromatic carbocycles. The number of hydrogen-bond donors (Lipinski definition) is 6. The average Bonchev–Trinajstić information content (AvgIpc) is 2.64. The van der Waals surface area contributed by atoms with Crippen LogP contribution in [0.3, 0.4) is 0 Å². The van der Waals surface area contributed by atoms with Crippen molar-refractivity contribution < 1.29 is 19.8 Å². The minimum atomic E-state index is -0.304. The third-order valence-electron chi connectivity index (χ3n) is 3.98. The molecule has 1 aromatic rings. The number of anilines is 2. The molecule has 0 spiro atoms. The number of carbonyl (C=O) groups excluding carboxylic acids is 2. The Morgan fingerprint density at radius 1 is 0.815 bits per heavy atom. The lowest BCUT2D eigenvalue weighted by molar-refractivity contribution is 0.250. The van der Waals surface area contributed by atoms with Gasteiger partial charge in [0.2, 0.25) is 0 Å². The van der Waals surface area contributed by atoms with E-state index in [9.17, 15) is 9.59 Å². The van der Waals surface area contributed by atoms with Gasteiger partial charge >= 0.3 is 12.1 Å². The molecule has 0 aliphatic heterocycles. The van der Waals surface area contributed by atoms with Gasteiger partial charge in [-0.25, -0.2) is 9.59 Å². The van der Waals surface area contributed by atoms with Crippen molar-refractivity contribution in [1.29, 1.82) is 0 Å². The minimum Gasteiger partial charge on any atom is -0.396 e. The fourth-order valence-electron chi connectivity index (χ4n) is 2.41. The highest BCUT2D eigenvalue weighted by atomic mass is 16.3. The van der Waals surface area contributed by atoms with Crippen LogP contribution in [0.2, 0.25) is 0 Å². The molecule has 8 nitrogen and oxygen atoms in total. The molecular weight excluding hydrogens is 348 g/mol. The van der Waals surface area contributed by atoms with Crippen LogP contribution < -0.4 is 21.3 Å². The lowest BCUT2D eigenvalue weighted by Gasteiger charge is -2.13. The van der Waals surface area contributed by atoms with Gasteiger partial charge in [0.05, 0.1) is 0 Å². The summed E-state index contributed by atoms with van der Waals surface area (Å²) in [6, 6.07) is 4.72. The third-order valence-corrected chi connectivity index (χ3v) is 3.98. The summed E-state index contributed by atoms with van der Waals surface area (Å²) < 4.78 is 0. The molecule has 0 aliphatic carbocycles. The second-order valence-corrected chi connectivity index (χ2v) is 6.36. The first-order chi connectivity index (χ1) is 13.1. The summed E-state index contributed by atoms with van der Waals surface area (Å²) in [7, 11) is 0. The van der Waals surface area contributed by atoms with E-state index in [4.69, 9.17) is 10.2 Å². The molecule has 0 saturated carbocycles. The van der Waals surface area contributed by atoms with Crippen LogP contribution in [-0.2, 0) is 0 Å². The molecule has 6 N–H and O–H groups in total. The van der Waals surface area contributed by atoms with Gasteiger partial charge in [-0.05, 0) is 63.1 Å². The van der Waals surface area contributed by atoms with Crippen LogP contribution in [0.4, 0.5) is 21.0 Å². The zero-order valence-corrected chi connectivity index (χ0v) is 16.0. The maximum Gasteiger partial charge on any atom is 0.319 e. The van der Waals surface area contributed by atoms with Crippen molar-refractivity contribution in [3.8, 4) is 0 Å². The second kappa shape index (κ2) is 13.8. The topological polar surface area (TPSA) is 123 Å². The molecule has 0 radical (unpaired) electrons. The van der Waals surface area contributed by atoms with Crippen molar-refractivity contribution in [1.82, 2.24) is 10.6 Å². The van der Waals surface area contributed by atoms with Crippen LogP contribution in [0.15, 0.2) is 18.2 Å². The Bertz CT molecular complexity index is 581. The number of benzene rings is 1. The molecular formula is C19H32N4O4. The molecule has 27 heavy (non-hydrogen) atoms. The Morgan fingerprint density at radius 2 is 1.37 bits per heavy atom. The molecule has 0 aliphatic rings. The maximum atomic E-state index is 12.0. The molecule has 0 heterocycles. The van der Waals surface area contributed by atoms with Gasteiger partial charge in [0.1, 0.15) is 0 Å². The molecule has 4 amide bonds. The third kappa shape index (κ3) is 10.4. The summed E-state index contributed by atoms with van der Waals surface area (Å²) >= 11 is 0. The van der Waals surface area contributed by atoms with E-state index < -0.39 is 0 Å². The van der Waals surface area contributed by atoms with E-state index in [1.165, 1.54) is 0 Å². The van der Waals surface area contributed by atoms with Gasteiger partial charge in [0, 0.05) is 37.7 Å². The number of aryl methyl sites for hydroxylation is 1. The minimum absolute atomic E-state index is 0.168. The van der Waals surface area contributed by atoms with E-state index in [1.807, 2.05) is 13.0 Å². The Morgan fingerprint density at radius 3 is 1.93 bits per heavy atom.